The first kappa shape index (κ1) is 9.42. The van der Waals surface area contributed by atoms with Gasteiger partial charge in [-0.2, -0.15) is 0 Å². The predicted octanol–water partition coefficient (Wildman–Crippen LogP) is 1.46. The van der Waals surface area contributed by atoms with Crippen LogP contribution in [-0.4, -0.2) is 11.0 Å². The van der Waals surface area contributed by atoms with Gasteiger partial charge < -0.3 is 5.73 Å². The van der Waals surface area contributed by atoms with Crippen molar-refractivity contribution >= 4 is 12.4 Å². The van der Waals surface area contributed by atoms with E-state index in [2.05, 4.69) is 4.98 Å². The maximum Gasteiger partial charge on any atom is 0.141 e. The van der Waals surface area contributed by atoms with Crippen LogP contribution in [0.2, 0.25) is 0 Å². The van der Waals surface area contributed by atoms with Gasteiger partial charge in [-0.25, -0.2) is 4.39 Å². The zero-order chi connectivity index (χ0) is 7.84. The molecule has 12 heavy (non-hydrogen) atoms. The molecule has 0 saturated heterocycles. The van der Waals surface area contributed by atoms with Crippen molar-refractivity contribution in [1.29, 1.82) is 0 Å². The van der Waals surface area contributed by atoms with Crippen LogP contribution >= 0.6 is 12.4 Å². The maximum atomic E-state index is 12.6. The van der Waals surface area contributed by atoms with Crippen LogP contribution in [0.5, 0.6) is 0 Å². The van der Waals surface area contributed by atoms with Gasteiger partial charge in [-0.1, -0.05) is 0 Å². The van der Waals surface area contributed by atoms with E-state index in [1.165, 1.54) is 12.3 Å². The zero-order valence-electron chi connectivity index (χ0n) is 6.40. The molecule has 1 aliphatic carbocycles. The van der Waals surface area contributed by atoms with E-state index in [-0.39, 0.29) is 24.3 Å². The monoisotopic (exact) mass is 188 g/mol. The molecule has 2 unspecified atom stereocenters. The molecule has 1 saturated carbocycles. The van der Waals surface area contributed by atoms with Crippen LogP contribution in [-0.2, 0) is 0 Å². The number of rotatable bonds is 1. The second-order valence-electron chi connectivity index (χ2n) is 2.94. The fraction of sp³-hybridized carbons (Fsp3) is 0.375. The van der Waals surface area contributed by atoms with Crippen molar-refractivity contribution in [3.63, 3.8) is 0 Å². The highest BCUT2D eigenvalue weighted by atomic mass is 35.5. The number of hydrogen-bond donors (Lipinski definition) is 1. The molecule has 2 atom stereocenters. The minimum Gasteiger partial charge on any atom is -0.327 e. The molecule has 1 aliphatic rings. The normalized spacial score (nSPS) is 26.2. The van der Waals surface area contributed by atoms with Gasteiger partial charge in [-0.05, 0) is 18.1 Å². The van der Waals surface area contributed by atoms with E-state index >= 15 is 0 Å². The lowest BCUT2D eigenvalue weighted by Gasteiger charge is -1.95. The Balaban J connectivity index is 0.000000720. The molecule has 2 rings (SSSR count). The molecular formula is C8H10ClFN2. The van der Waals surface area contributed by atoms with Gasteiger partial charge in [0.25, 0.3) is 0 Å². The first-order valence-corrected chi connectivity index (χ1v) is 3.63. The fourth-order valence-corrected chi connectivity index (χ4v) is 1.23. The standard InChI is InChI=1S/C8H9FN2.ClH/c9-6-1-5(3-11-4-6)7-2-8(7)10;/h1,3-4,7-8H,2,10H2;1H. The molecule has 2 nitrogen and oxygen atoms in total. The van der Waals surface area contributed by atoms with Crippen LogP contribution in [0.1, 0.15) is 17.9 Å². The molecule has 1 fully saturated rings. The molecule has 0 amide bonds. The highest BCUT2D eigenvalue weighted by Crippen LogP contribution is 2.38. The molecule has 0 aromatic carbocycles. The molecule has 0 aliphatic heterocycles. The van der Waals surface area contributed by atoms with Crippen molar-refractivity contribution in [2.75, 3.05) is 0 Å². The van der Waals surface area contributed by atoms with Crippen LogP contribution in [0.3, 0.4) is 0 Å². The van der Waals surface area contributed by atoms with Gasteiger partial charge in [0.05, 0.1) is 6.20 Å². The summed E-state index contributed by atoms with van der Waals surface area (Å²) in [5, 5.41) is 0. The molecule has 0 bridgehead atoms. The predicted molar refractivity (Wildman–Crippen MR) is 46.8 cm³/mol. The van der Waals surface area contributed by atoms with Crippen LogP contribution in [0.4, 0.5) is 4.39 Å². The Morgan fingerprint density at radius 2 is 2.17 bits per heavy atom. The summed E-state index contributed by atoms with van der Waals surface area (Å²) in [4.78, 5) is 3.75. The summed E-state index contributed by atoms with van der Waals surface area (Å²) < 4.78 is 12.6. The average molecular weight is 189 g/mol. The van der Waals surface area contributed by atoms with Gasteiger partial charge in [0.15, 0.2) is 0 Å². The molecule has 0 radical (unpaired) electrons. The Hall–Kier alpha value is -0.670. The minimum atomic E-state index is -0.276. The Labute approximate surface area is 76.4 Å². The maximum absolute atomic E-state index is 12.6. The number of nitrogens with two attached hydrogens (primary N) is 1. The third kappa shape index (κ3) is 1.73. The molecule has 66 valence electrons. The number of pyridine rings is 1. The van der Waals surface area contributed by atoms with Crippen LogP contribution in [0, 0.1) is 5.82 Å². The summed E-state index contributed by atoms with van der Waals surface area (Å²) in [5.74, 6) is 0.0693. The minimum absolute atomic E-state index is 0. The van der Waals surface area contributed by atoms with Gasteiger partial charge in [0.1, 0.15) is 5.82 Å². The summed E-state index contributed by atoms with van der Waals surface area (Å²) in [6.07, 6.45) is 3.85. The van der Waals surface area contributed by atoms with E-state index in [1.54, 1.807) is 6.20 Å². The van der Waals surface area contributed by atoms with Crippen molar-refractivity contribution in [1.82, 2.24) is 4.98 Å². The fourth-order valence-electron chi connectivity index (χ4n) is 1.23. The van der Waals surface area contributed by atoms with Crippen LogP contribution in [0.25, 0.3) is 0 Å². The van der Waals surface area contributed by atoms with E-state index in [0.29, 0.717) is 5.92 Å². The lowest BCUT2D eigenvalue weighted by atomic mass is 10.2. The number of halogens is 2. The number of aromatic nitrogens is 1. The van der Waals surface area contributed by atoms with Crippen molar-refractivity contribution in [2.24, 2.45) is 5.73 Å². The lowest BCUT2D eigenvalue weighted by Crippen LogP contribution is -2.01. The van der Waals surface area contributed by atoms with Crippen LogP contribution < -0.4 is 5.73 Å². The van der Waals surface area contributed by atoms with E-state index in [1.807, 2.05) is 0 Å². The van der Waals surface area contributed by atoms with E-state index in [4.69, 9.17) is 5.73 Å². The summed E-state index contributed by atoms with van der Waals surface area (Å²) in [6.45, 7) is 0. The van der Waals surface area contributed by atoms with Gasteiger partial charge in [0, 0.05) is 18.2 Å². The Morgan fingerprint density at radius 3 is 2.67 bits per heavy atom. The molecule has 1 aromatic heterocycles. The number of hydrogen-bond acceptors (Lipinski definition) is 2. The summed E-state index contributed by atoms with van der Waals surface area (Å²) >= 11 is 0. The van der Waals surface area contributed by atoms with Crippen LogP contribution in [0.15, 0.2) is 18.5 Å². The molecule has 2 N–H and O–H groups in total. The SMILES string of the molecule is Cl.NC1CC1c1cncc(F)c1. The highest BCUT2D eigenvalue weighted by molar-refractivity contribution is 5.85. The average Bonchev–Trinajstić information content (AvgIpc) is 2.67. The van der Waals surface area contributed by atoms with E-state index in [0.717, 1.165) is 12.0 Å². The smallest absolute Gasteiger partial charge is 0.141 e. The van der Waals surface area contributed by atoms with E-state index < -0.39 is 0 Å². The Bertz CT molecular complexity index is 280. The topological polar surface area (TPSA) is 38.9 Å². The first-order valence-electron chi connectivity index (χ1n) is 3.63. The van der Waals surface area contributed by atoms with Crippen molar-refractivity contribution in [2.45, 2.75) is 18.4 Å². The number of nitrogens with zero attached hydrogens (tertiary/aromatic N) is 1. The van der Waals surface area contributed by atoms with Gasteiger partial charge in [-0.3, -0.25) is 4.98 Å². The third-order valence-corrected chi connectivity index (χ3v) is 1.99. The van der Waals surface area contributed by atoms with Gasteiger partial charge >= 0.3 is 0 Å². The third-order valence-electron chi connectivity index (χ3n) is 1.99. The molecular weight excluding hydrogens is 179 g/mol. The zero-order valence-corrected chi connectivity index (χ0v) is 7.22. The lowest BCUT2D eigenvalue weighted by molar-refractivity contribution is 0.618. The van der Waals surface area contributed by atoms with E-state index in [9.17, 15) is 4.39 Å². The quantitative estimate of drug-likeness (QED) is 0.725. The summed E-state index contributed by atoms with van der Waals surface area (Å²) in [5.41, 5.74) is 6.53. The Kier molecular flexibility index (Phi) is 2.65. The van der Waals surface area contributed by atoms with Gasteiger partial charge in [0.2, 0.25) is 0 Å². The van der Waals surface area contributed by atoms with Crippen molar-refractivity contribution in [3.8, 4) is 0 Å². The first-order chi connectivity index (χ1) is 5.27. The second kappa shape index (κ2) is 3.37. The second-order valence-corrected chi connectivity index (χ2v) is 2.94. The highest BCUT2D eigenvalue weighted by Gasteiger charge is 2.35. The Morgan fingerprint density at radius 1 is 1.50 bits per heavy atom. The van der Waals surface area contributed by atoms with Crippen molar-refractivity contribution in [3.05, 3.63) is 29.8 Å². The summed E-state index contributed by atoms with van der Waals surface area (Å²) in [6, 6.07) is 1.73. The molecule has 1 heterocycles. The largest absolute Gasteiger partial charge is 0.327 e. The molecule has 4 heteroatoms. The molecule has 0 spiro atoms. The molecule has 1 aromatic rings. The van der Waals surface area contributed by atoms with Crippen molar-refractivity contribution < 1.29 is 4.39 Å². The summed E-state index contributed by atoms with van der Waals surface area (Å²) in [7, 11) is 0. The van der Waals surface area contributed by atoms with Gasteiger partial charge in [-0.15, -0.1) is 12.4 Å².